The zero-order chi connectivity index (χ0) is 11.7. The molecule has 0 unspecified atom stereocenters. The Balaban J connectivity index is 2.63. The first-order valence-electron chi connectivity index (χ1n) is 4.35. The third kappa shape index (κ3) is 2.45. The van der Waals surface area contributed by atoms with Crippen LogP contribution in [0.1, 0.15) is 0 Å². The van der Waals surface area contributed by atoms with Gasteiger partial charge in [0.1, 0.15) is 5.15 Å². The third-order valence-electron chi connectivity index (χ3n) is 2.05. The Morgan fingerprint density at radius 3 is 2.25 bits per heavy atom. The molecule has 0 atom stereocenters. The van der Waals surface area contributed by atoms with Gasteiger partial charge < -0.3 is 0 Å². The zero-order valence-corrected chi connectivity index (χ0v) is 12.3. The summed E-state index contributed by atoms with van der Waals surface area (Å²) >= 11 is 20.2. The molecule has 1 aromatic heterocycles. The lowest BCUT2D eigenvalue weighted by atomic mass is 10.1. The van der Waals surface area contributed by atoms with E-state index in [0.29, 0.717) is 15.2 Å². The number of hydrogen-bond donors (Lipinski definition) is 0. The fourth-order valence-corrected chi connectivity index (χ4v) is 2.53. The van der Waals surface area contributed by atoms with Gasteiger partial charge in [-0.1, -0.05) is 40.9 Å². The van der Waals surface area contributed by atoms with Crippen LogP contribution < -0.4 is 0 Å². The fraction of sp³-hybridized carbons (Fsp3) is 0. The maximum atomic E-state index is 6.11. The highest BCUT2D eigenvalue weighted by atomic mass is 127. The second-order valence-electron chi connectivity index (χ2n) is 3.09. The zero-order valence-electron chi connectivity index (χ0n) is 7.85. The van der Waals surface area contributed by atoms with E-state index in [1.165, 1.54) is 0 Å². The van der Waals surface area contributed by atoms with Crippen molar-refractivity contribution in [3.63, 3.8) is 0 Å². The van der Waals surface area contributed by atoms with E-state index < -0.39 is 0 Å². The molecule has 0 saturated carbocycles. The second kappa shape index (κ2) is 5.08. The van der Waals surface area contributed by atoms with E-state index in [9.17, 15) is 0 Å². The van der Waals surface area contributed by atoms with Gasteiger partial charge in [-0.2, -0.15) is 0 Å². The van der Waals surface area contributed by atoms with Crippen LogP contribution >= 0.6 is 57.4 Å². The van der Waals surface area contributed by atoms with Crippen molar-refractivity contribution in [3.8, 4) is 11.1 Å². The SMILES string of the molecule is Clc1cccc(Cl)c1-c1cnc(Cl)c(I)c1. The molecular formula is C11H5Cl3IN. The summed E-state index contributed by atoms with van der Waals surface area (Å²) < 4.78 is 0.868. The molecule has 0 N–H and O–H groups in total. The number of aromatic nitrogens is 1. The van der Waals surface area contributed by atoms with Crippen LogP contribution in [-0.4, -0.2) is 4.98 Å². The maximum Gasteiger partial charge on any atom is 0.142 e. The summed E-state index contributed by atoms with van der Waals surface area (Å²) in [6, 6.07) is 7.31. The summed E-state index contributed by atoms with van der Waals surface area (Å²) in [5.74, 6) is 0. The molecule has 0 amide bonds. The first-order chi connectivity index (χ1) is 7.59. The van der Waals surface area contributed by atoms with Crippen LogP contribution in [0.4, 0.5) is 0 Å². The van der Waals surface area contributed by atoms with Crippen molar-refractivity contribution in [1.29, 1.82) is 0 Å². The number of nitrogens with zero attached hydrogens (tertiary/aromatic N) is 1. The predicted molar refractivity (Wildman–Crippen MR) is 77.4 cm³/mol. The van der Waals surface area contributed by atoms with Gasteiger partial charge in [0.2, 0.25) is 0 Å². The molecule has 0 bridgehead atoms. The van der Waals surface area contributed by atoms with Gasteiger partial charge in [-0.3, -0.25) is 0 Å². The molecule has 0 saturated heterocycles. The van der Waals surface area contributed by atoms with Gasteiger partial charge in [0.05, 0.1) is 3.57 Å². The standard InChI is InChI=1S/C11H5Cl3IN/c12-7-2-1-3-8(13)10(7)6-4-9(15)11(14)16-5-6/h1-5H. The van der Waals surface area contributed by atoms with Crippen molar-refractivity contribution in [3.05, 3.63) is 49.2 Å². The van der Waals surface area contributed by atoms with E-state index in [0.717, 1.165) is 14.7 Å². The van der Waals surface area contributed by atoms with E-state index in [1.54, 1.807) is 18.3 Å². The molecule has 0 fully saturated rings. The average Bonchev–Trinajstić information content (AvgIpc) is 2.23. The highest BCUT2D eigenvalue weighted by molar-refractivity contribution is 14.1. The molecular weight excluding hydrogens is 379 g/mol. The summed E-state index contributed by atoms with van der Waals surface area (Å²) in [7, 11) is 0. The van der Waals surface area contributed by atoms with E-state index in [4.69, 9.17) is 34.8 Å². The molecule has 82 valence electrons. The Kier molecular flexibility index (Phi) is 3.95. The minimum Gasteiger partial charge on any atom is -0.243 e. The molecule has 5 heteroatoms. The molecule has 0 spiro atoms. The monoisotopic (exact) mass is 383 g/mol. The lowest BCUT2D eigenvalue weighted by Crippen LogP contribution is -1.86. The molecule has 0 aliphatic carbocycles. The minimum absolute atomic E-state index is 0.479. The van der Waals surface area contributed by atoms with Gasteiger partial charge in [-0.15, -0.1) is 0 Å². The first kappa shape index (κ1) is 12.4. The molecule has 2 aromatic rings. The Morgan fingerprint density at radius 2 is 1.69 bits per heavy atom. The molecule has 0 radical (unpaired) electrons. The Morgan fingerprint density at radius 1 is 1.06 bits per heavy atom. The van der Waals surface area contributed by atoms with Crippen molar-refractivity contribution in [2.75, 3.05) is 0 Å². The fourth-order valence-electron chi connectivity index (χ4n) is 1.33. The highest BCUT2D eigenvalue weighted by Crippen LogP contribution is 2.35. The van der Waals surface area contributed by atoms with E-state index in [2.05, 4.69) is 27.6 Å². The number of benzene rings is 1. The van der Waals surface area contributed by atoms with Crippen LogP contribution in [0, 0.1) is 3.57 Å². The largest absolute Gasteiger partial charge is 0.243 e. The molecule has 0 aliphatic rings. The van der Waals surface area contributed by atoms with Gasteiger partial charge in [0.15, 0.2) is 0 Å². The number of hydrogen-bond acceptors (Lipinski definition) is 1. The van der Waals surface area contributed by atoms with E-state index in [1.807, 2.05) is 12.1 Å². The maximum absolute atomic E-state index is 6.11. The topological polar surface area (TPSA) is 12.9 Å². The molecule has 2 rings (SSSR count). The number of halogens is 4. The number of pyridine rings is 1. The third-order valence-corrected chi connectivity index (χ3v) is 4.12. The van der Waals surface area contributed by atoms with Crippen molar-refractivity contribution < 1.29 is 0 Å². The first-order valence-corrected chi connectivity index (χ1v) is 6.56. The van der Waals surface area contributed by atoms with Crippen molar-refractivity contribution in [2.24, 2.45) is 0 Å². The normalized spacial score (nSPS) is 10.5. The van der Waals surface area contributed by atoms with Crippen molar-refractivity contribution >= 4 is 57.4 Å². The molecule has 1 aromatic carbocycles. The van der Waals surface area contributed by atoms with Crippen molar-refractivity contribution in [2.45, 2.75) is 0 Å². The average molecular weight is 384 g/mol. The lowest BCUT2D eigenvalue weighted by Gasteiger charge is -2.07. The second-order valence-corrected chi connectivity index (χ2v) is 5.43. The van der Waals surface area contributed by atoms with Gasteiger partial charge in [0, 0.05) is 27.4 Å². The lowest BCUT2D eigenvalue weighted by molar-refractivity contribution is 1.31. The summed E-state index contributed by atoms with van der Waals surface area (Å²) in [4.78, 5) is 4.08. The number of rotatable bonds is 1. The summed E-state index contributed by atoms with van der Waals surface area (Å²) in [5.41, 5.74) is 1.65. The molecule has 1 nitrogen and oxygen atoms in total. The smallest absolute Gasteiger partial charge is 0.142 e. The van der Waals surface area contributed by atoms with Gasteiger partial charge in [0.25, 0.3) is 0 Å². The van der Waals surface area contributed by atoms with Crippen molar-refractivity contribution in [1.82, 2.24) is 4.98 Å². The van der Waals surface area contributed by atoms with Crippen LogP contribution in [0.25, 0.3) is 11.1 Å². The van der Waals surface area contributed by atoms with Crippen LogP contribution in [0.15, 0.2) is 30.5 Å². The summed E-state index contributed by atoms with van der Waals surface area (Å²) in [5, 5.41) is 1.69. The van der Waals surface area contributed by atoms with Crippen LogP contribution in [0.5, 0.6) is 0 Å². The minimum atomic E-state index is 0.479. The Bertz CT molecular complexity index is 522. The summed E-state index contributed by atoms with van der Waals surface area (Å²) in [6.07, 6.45) is 1.66. The molecule has 0 aliphatic heterocycles. The van der Waals surface area contributed by atoms with Crippen LogP contribution in [-0.2, 0) is 0 Å². The van der Waals surface area contributed by atoms with Gasteiger partial charge in [-0.25, -0.2) is 4.98 Å². The van der Waals surface area contributed by atoms with Gasteiger partial charge >= 0.3 is 0 Å². The molecule has 16 heavy (non-hydrogen) atoms. The summed E-state index contributed by atoms with van der Waals surface area (Å²) in [6.45, 7) is 0. The van der Waals surface area contributed by atoms with E-state index >= 15 is 0 Å². The van der Waals surface area contributed by atoms with Crippen LogP contribution in [0.3, 0.4) is 0 Å². The van der Waals surface area contributed by atoms with Gasteiger partial charge in [-0.05, 0) is 40.8 Å². The highest BCUT2D eigenvalue weighted by Gasteiger charge is 2.10. The Labute approximate surface area is 122 Å². The molecule has 1 heterocycles. The quantitative estimate of drug-likeness (QED) is 0.479. The van der Waals surface area contributed by atoms with E-state index in [-0.39, 0.29) is 0 Å². The predicted octanol–water partition coefficient (Wildman–Crippen LogP) is 5.31. The Hall–Kier alpha value is -0.0300. The van der Waals surface area contributed by atoms with Crippen LogP contribution in [0.2, 0.25) is 15.2 Å².